The van der Waals surface area contributed by atoms with Crippen molar-refractivity contribution in [3.63, 3.8) is 0 Å². The van der Waals surface area contributed by atoms with E-state index in [1.165, 1.54) is 16.0 Å². The molecule has 0 bridgehead atoms. The number of benzene rings is 1. The van der Waals surface area contributed by atoms with E-state index in [-0.39, 0.29) is 18.5 Å². The molecule has 1 aromatic heterocycles. The van der Waals surface area contributed by atoms with Gasteiger partial charge >= 0.3 is 6.03 Å². The van der Waals surface area contributed by atoms with Crippen molar-refractivity contribution in [1.82, 2.24) is 19.7 Å². The molecule has 7 heteroatoms. The largest absolute Gasteiger partial charge is 0.383 e. The number of carbonyl (C=O) groups is 2. The van der Waals surface area contributed by atoms with Crippen LogP contribution in [0.3, 0.4) is 0 Å². The molecule has 2 aliphatic heterocycles. The number of rotatable bonds is 7. The number of urea groups is 1. The van der Waals surface area contributed by atoms with Crippen LogP contribution in [0.15, 0.2) is 48.8 Å². The standard InChI is InChI=1S/C24H30N4O3/c1-19-5-3-6-20(15-19)17-26-11-8-24(9-12-26)22(29)27(18-21-7-4-10-25-16-21)23(30)28(24)13-14-31-2/h3-7,10,15-16H,8-9,11-14,17-18H2,1-2H3. The van der Waals surface area contributed by atoms with Crippen LogP contribution >= 0.6 is 0 Å². The molecule has 3 amide bonds. The van der Waals surface area contributed by atoms with E-state index < -0.39 is 5.54 Å². The highest BCUT2D eigenvalue weighted by molar-refractivity contribution is 6.07. The van der Waals surface area contributed by atoms with Gasteiger partial charge in [0.2, 0.25) is 0 Å². The fourth-order valence-corrected chi connectivity index (χ4v) is 4.72. The van der Waals surface area contributed by atoms with Gasteiger partial charge in [0.05, 0.1) is 13.2 Å². The SMILES string of the molecule is COCCN1C(=O)N(Cc2cccnc2)C(=O)C12CCN(Cc1cccc(C)c1)CC2. The maximum absolute atomic E-state index is 13.6. The van der Waals surface area contributed by atoms with Gasteiger partial charge in [-0.3, -0.25) is 19.6 Å². The number of amides is 3. The summed E-state index contributed by atoms with van der Waals surface area (Å²) in [5.74, 6) is -0.0901. The van der Waals surface area contributed by atoms with E-state index in [4.69, 9.17) is 4.74 Å². The average Bonchev–Trinajstić information content (AvgIpc) is 2.96. The van der Waals surface area contributed by atoms with Crippen molar-refractivity contribution in [2.75, 3.05) is 33.4 Å². The van der Waals surface area contributed by atoms with E-state index in [0.717, 1.165) is 25.2 Å². The van der Waals surface area contributed by atoms with Gasteiger partial charge in [-0.15, -0.1) is 0 Å². The molecular formula is C24H30N4O3. The third kappa shape index (κ3) is 4.34. The van der Waals surface area contributed by atoms with Gasteiger partial charge in [0.25, 0.3) is 5.91 Å². The highest BCUT2D eigenvalue weighted by Crippen LogP contribution is 2.38. The van der Waals surface area contributed by atoms with E-state index >= 15 is 0 Å². The van der Waals surface area contributed by atoms with Gasteiger partial charge in [0, 0.05) is 45.7 Å². The Labute approximate surface area is 183 Å². The minimum Gasteiger partial charge on any atom is -0.383 e. The summed E-state index contributed by atoms with van der Waals surface area (Å²) in [6, 6.07) is 12.0. The molecule has 0 aliphatic carbocycles. The maximum atomic E-state index is 13.6. The van der Waals surface area contributed by atoms with Crippen molar-refractivity contribution in [2.45, 2.75) is 38.4 Å². The summed E-state index contributed by atoms with van der Waals surface area (Å²) in [5.41, 5.74) is 2.60. The number of aryl methyl sites for hydroxylation is 1. The quantitative estimate of drug-likeness (QED) is 0.642. The van der Waals surface area contributed by atoms with Gasteiger partial charge in [-0.05, 0) is 37.0 Å². The van der Waals surface area contributed by atoms with Crippen LogP contribution < -0.4 is 0 Å². The molecule has 0 saturated carbocycles. The summed E-state index contributed by atoms with van der Waals surface area (Å²) in [5, 5.41) is 0. The Morgan fingerprint density at radius 2 is 1.84 bits per heavy atom. The second-order valence-corrected chi connectivity index (χ2v) is 8.48. The third-order valence-corrected chi connectivity index (χ3v) is 6.38. The summed E-state index contributed by atoms with van der Waals surface area (Å²) in [6.45, 7) is 5.59. The van der Waals surface area contributed by atoms with Crippen molar-refractivity contribution < 1.29 is 14.3 Å². The van der Waals surface area contributed by atoms with Gasteiger partial charge in [0.1, 0.15) is 5.54 Å². The zero-order valence-electron chi connectivity index (χ0n) is 18.3. The molecule has 7 nitrogen and oxygen atoms in total. The molecule has 4 rings (SSSR count). The number of piperidine rings is 1. The van der Waals surface area contributed by atoms with Crippen LogP contribution in [0.25, 0.3) is 0 Å². The Kier molecular flexibility index (Phi) is 6.34. The van der Waals surface area contributed by atoms with E-state index in [0.29, 0.717) is 26.0 Å². The summed E-state index contributed by atoms with van der Waals surface area (Å²) < 4.78 is 5.24. The molecule has 0 atom stereocenters. The number of carbonyl (C=O) groups excluding carboxylic acids is 2. The predicted octanol–water partition coefficient (Wildman–Crippen LogP) is 2.84. The summed E-state index contributed by atoms with van der Waals surface area (Å²) in [6.07, 6.45) is 4.66. The van der Waals surface area contributed by atoms with Crippen LogP contribution in [0.2, 0.25) is 0 Å². The Bertz CT molecular complexity index is 925. The summed E-state index contributed by atoms with van der Waals surface area (Å²) in [4.78, 5) is 36.4. The summed E-state index contributed by atoms with van der Waals surface area (Å²) >= 11 is 0. The van der Waals surface area contributed by atoms with Crippen molar-refractivity contribution in [3.05, 3.63) is 65.5 Å². The van der Waals surface area contributed by atoms with Gasteiger partial charge in [-0.25, -0.2) is 4.79 Å². The number of aromatic nitrogens is 1. The number of nitrogens with zero attached hydrogens (tertiary/aromatic N) is 4. The van der Waals surface area contributed by atoms with E-state index in [1.54, 1.807) is 24.4 Å². The first-order valence-corrected chi connectivity index (χ1v) is 10.8. The Morgan fingerprint density at radius 3 is 2.52 bits per heavy atom. The molecular weight excluding hydrogens is 392 g/mol. The van der Waals surface area contributed by atoms with Crippen molar-refractivity contribution in [2.24, 2.45) is 0 Å². The molecule has 2 aliphatic rings. The van der Waals surface area contributed by atoms with Crippen LogP contribution in [-0.4, -0.2) is 70.5 Å². The number of pyridine rings is 1. The molecule has 2 fully saturated rings. The molecule has 2 saturated heterocycles. The fourth-order valence-electron chi connectivity index (χ4n) is 4.72. The van der Waals surface area contributed by atoms with Gasteiger partial charge < -0.3 is 9.64 Å². The number of hydrogen-bond acceptors (Lipinski definition) is 5. The Morgan fingerprint density at radius 1 is 1.06 bits per heavy atom. The van der Waals surface area contributed by atoms with E-state index in [2.05, 4.69) is 41.1 Å². The fraction of sp³-hybridized carbons (Fsp3) is 0.458. The van der Waals surface area contributed by atoms with Crippen molar-refractivity contribution >= 4 is 11.9 Å². The lowest BCUT2D eigenvalue weighted by Crippen LogP contribution is -2.57. The van der Waals surface area contributed by atoms with Crippen LogP contribution in [0, 0.1) is 6.92 Å². The summed E-state index contributed by atoms with van der Waals surface area (Å²) in [7, 11) is 1.62. The van der Waals surface area contributed by atoms with Crippen LogP contribution in [0.1, 0.15) is 29.5 Å². The van der Waals surface area contributed by atoms with E-state index in [1.807, 2.05) is 12.1 Å². The number of methoxy groups -OCH3 is 1. The maximum Gasteiger partial charge on any atom is 0.328 e. The number of imide groups is 1. The molecule has 2 aromatic rings. The zero-order chi connectivity index (χ0) is 21.8. The first kappa shape index (κ1) is 21.5. The normalized spacial score (nSPS) is 18.9. The van der Waals surface area contributed by atoms with Crippen molar-refractivity contribution in [1.29, 1.82) is 0 Å². The highest BCUT2D eigenvalue weighted by Gasteiger charge is 2.57. The number of hydrogen-bond donors (Lipinski definition) is 0. The first-order chi connectivity index (χ1) is 15.0. The lowest BCUT2D eigenvalue weighted by molar-refractivity contribution is -0.136. The second kappa shape index (κ2) is 9.16. The molecule has 0 unspecified atom stereocenters. The monoisotopic (exact) mass is 422 g/mol. The molecule has 3 heterocycles. The minimum atomic E-state index is -0.777. The van der Waals surface area contributed by atoms with Crippen LogP contribution in [0.5, 0.6) is 0 Å². The molecule has 1 aromatic carbocycles. The van der Waals surface area contributed by atoms with Gasteiger partial charge in [-0.2, -0.15) is 0 Å². The van der Waals surface area contributed by atoms with Crippen molar-refractivity contribution in [3.8, 4) is 0 Å². The molecule has 1 spiro atoms. The lowest BCUT2D eigenvalue weighted by Gasteiger charge is -2.42. The van der Waals surface area contributed by atoms with Gasteiger partial charge in [-0.1, -0.05) is 35.9 Å². The van der Waals surface area contributed by atoms with Gasteiger partial charge in [0.15, 0.2) is 0 Å². The molecule has 31 heavy (non-hydrogen) atoms. The number of ether oxygens (including phenoxy) is 1. The molecule has 0 radical (unpaired) electrons. The predicted molar refractivity (Wildman–Crippen MR) is 117 cm³/mol. The molecule has 164 valence electrons. The highest BCUT2D eigenvalue weighted by atomic mass is 16.5. The smallest absolute Gasteiger partial charge is 0.328 e. The third-order valence-electron chi connectivity index (χ3n) is 6.38. The van der Waals surface area contributed by atoms with Crippen LogP contribution in [-0.2, 0) is 22.6 Å². The number of likely N-dealkylation sites (tertiary alicyclic amines) is 1. The lowest BCUT2D eigenvalue weighted by atomic mass is 9.85. The Hall–Kier alpha value is -2.77. The topological polar surface area (TPSA) is 66.0 Å². The Balaban J connectivity index is 1.50. The van der Waals surface area contributed by atoms with Crippen LogP contribution in [0.4, 0.5) is 4.79 Å². The average molecular weight is 423 g/mol. The second-order valence-electron chi connectivity index (χ2n) is 8.48. The molecule has 0 N–H and O–H groups in total. The first-order valence-electron chi connectivity index (χ1n) is 10.8. The minimum absolute atomic E-state index is 0.0901. The zero-order valence-corrected chi connectivity index (χ0v) is 18.3. The van der Waals surface area contributed by atoms with E-state index in [9.17, 15) is 9.59 Å².